The highest BCUT2D eigenvalue weighted by Crippen LogP contribution is 2.30. The molecule has 1 aromatic heterocycles. The van der Waals surface area contributed by atoms with Gasteiger partial charge in [0.15, 0.2) is 11.6 Å². The normalized spacial score (nSPS) is 15.6. The summed E-state index contributed by atoms with van der Waals surface area (Å²) in [6.07, 6.45) is 3.80. The van der Waals surface area contributed by atoms with Crippen LogP contribution < -0.4 is 0 Å². The number of ketones is 1. The first kappa shape index (κ1) is 10.3. The van der Waals surface area contributed by atoms with Gasteiger partial charge in [0.2, 0.25) is 0 Å². The van der Waals surface area contributed by atoms with Gasteiger partial charge in [-0.25, -0.2) is 9.67 Å². The number of carbonyl (C=O) groups excluding carboxylic acids is 1. The van der Waals surface area contributed by atoms with E-state index in [0.717, 1.165) is 37.3 Å². The molecule has 0 N–H and O–H groups in total. The van der Waals surface area contributed by atoms with E-state index in [4.69, 9.17) is 0 Å². The quantitative estimate of drug-likeness (QED) is 0.733. The Morgan fingerprint density at radius 2 is 2.13 bits per heavy atom. The monoisotopic (exact) mass is 207 g/mol. The SMILES string of the molecule is CCc1nc(CC)n(CC(=O)C2CC2)n1. The van der Waals surface area contributed by atoms with Crippen molar-refractivity contribution in [1.29, 1.82) is 0 Å². The standard InChI is InChI=1S/C11H17N3O/c1-3-10-12-11(4-2)14(13-10)7-9(15)8-5-6-8/h8H,3-7H2,1-2H3. The summed E-state index contributed by atoms with van der Waals surface area (Å²) in [4.78, 5) is 16.0. The molecular weight excluding hydrogens is 190 g/mol. The molecule has 1 saturated carbocycles. The van der Waals surface area contributed by atoms with E-state index in [2.05, 4.69) is 10.1 Å². The van der Waals surface area contributed by atoms with E-state index < -0.39 is 0 Å². The van der Waals surface area contributed by atoms with Gasteiger partial charge in [-0.3, -0.25) is 4.79 Å². The maximum Gasteiger partial charge on any atom is 0.157 e. The molecule has 2 rings (SSSR count). The van der Waals surface area contributed by atoms with Gasteiger partial charge in [0.25, 0.3) is 0 Å². The number of rotatable bonds is 5. The first-order chi connectivity index (χ1) is 7.24. The number of aromatic nitrogens is 3. The van der Waals surface area contributed by atoms with Crippen LogP contribution in [0.3, 0.4) is 0 Å². The molecule has 4 heteroatoms. The third-order valence-corrected chi connectivity index (χ3v) is 2.76. The van der Waals surface area contributed by atoms with Crippen LogP contribution in [-0.2, 0) is 24.2 Å². The van der Waals surface area contributed by atoms with Crippen LogP contribution in [0.5, 0.6) is 0 Å². The van der Waals surface area contributed by atoms with Gasteiger partial charge in [-0.2, -0.15) is 5.10 Å². The Kier molecular flexibility index (Phi) is 2.84. The van der Waals surface area contributed by atoms with Crippen molar-refractivity contribution in [3.05, 3.63) is 11.6 Å². The average molecular weight is 207 g/mol. The van der Waals surface area contributed by atoms with Crippen molar-refractivity contribution in [2.45, 2.75) is 46.1 Å². The largest absolute Gasteiger partial charge is 0.297 e. The van der Waals surface area contributed by atoms with Gasteiger partial charge >= 0.3 is 0 Å². The lowest BCUT2D eigenvalue weighted by molar-refractivity contribution is -0.121. The molecule has 1 heterocycles. The lowest BCUT2D eigenvalue weighted by atomic mass is 10.2. The highest BCUT2D eigenvalue weighted by molar-refractivity contribution is 5.82. The van der Waals surface area contributed by atoms with E-state index in [1.807, 2.05) is 13.8 Å². The van der Waals surface area contributed by atoms with Crippen LogP contribution in [0.1, 0.15) is 38.3 Å². The fraction of sp³-hybridized carbons (Fsp3) is 0.727. The van der Waals surface area contributed by atoms with E-state index in [0.29, 0.717) is 18.2 Å². The molecule has 0 saturated heterocycles. The Hall–Kier alpha value is -1.19. The van der Waals surface area contributed by atoms with Gasteiger partial charge in [0.05, 0.1) is 0 Å². The molecule has 0 spiro atoms. The van der Waals surface area contributed by atoms with E-state index in [-0.39, 0.29) is 0 Å². The van der Waals surface area contributed by atoms with E-state index >= 15 is 0 Å². The zero-order chi connectivity index (χ0) is 10.8. The second kappa shape index (κ2) is 4.13. The van der Waals surface area contributed by atoms with Crippen LogP contribution in [0, 0.1) is 5.92 Å². The van der Waals surface area contributed by atoms with Crippen molar-refractivity contribution in [2.24, 2.45) is 5.92 Å². The van der Waals surface area contributed by atoms with E-state index in [1.54, 1.807) is 4.68 Å². The molecule has 1 aliphatic rings. The Morgan fingerprint density at radius 3 is 2.67 bits per heavy atom. The summed E-state index contributed by atoms with van der Waals surface area (Å²) in [5.41, 5.74) is 0. The summed E-state index contributed by atoms with van der Waals surface area (Å²) < 4.78 is 1.78. The maximum atomic E-state index is 11.7. The van der Waals surface area contributed by atoms with Crippen LogP contribution >= 0.6 is 0 Å². The highest BCUT2D eigenvalue weighted by Gasteiger charge is 2.30. The molecule has 1 aliphatic carbocycles. The first-order valence-electron chi connectivity index (χ1n) is 5.69. The molecule has 0 aliphatic heterocycles. The Bertz CT molecular complexity index is 366. The molecular formula is C11H17N3O. The zero-order valence-corrected chi connectivity index (χ0v) is 9.36. The third-order valence-electron chi connectivity index (χ3n) is 2.76. The molecule has 0 unspecified atom stereocenters. The maximum absolute atomic E-state index is 11.7. The summed E-state index contributed by atoms with van der Waals surface area (Å²) in [5.74, 6) is 2.40. The van der Waals surface area contributed by atoms with Crippen molar-refractivity contribution in [3.8, 4) is 0 Å². The second-order valence-corrected chi connectivity index (χ2v) is 4.05. The molecule has 0 aromatic carbocycles. The molecule has 4 nitrogen and oxygen atoms in total. The van der Waals surface area contributed by atoms with Gasteiger partial charge in [-0.15, -0.1) is 0 Å². The third kappa shape index (κ3) is 2.25. The van der Waals surface area contributed by atoms with Crippen molar-refractivity contribution in [1.82, 2.24) is 14.8 Å². The first-order valence-corrected chi connectivity index (χ1v) is 5.69. The predicted octanol–water partition coefficient (Wildman–Crippen LogP) is 1.38. The van der Waals surface area contributed by atoms with Gasteiger partial charge in [-0.05, 0) is 12.8 Å². The fourth-order valence-corrected chi connectivity index (χ4v) is 1.65. The highest BCUT2D eigenvalue weighted by atomic mass is 16.1. The number of carbonyl (C=O) groups is 1. The lowest BCUT2D eigenvalue weighted by Gasteiger charge is -2.01. The van der Waals surface area contributed by atoms with Crippen molar-refractivity contribution in [2.75, 3.05) is 0 Å². The van der Waals surface area contributed by atoms with Crippen LogP contribution in [-0.4, -0.2) is 20.5 Å². The smallest absolute Gasteiger partial charge is 0.157 e. The minimum absolute atomic E-state index is 0.309. The predicted molar refractivity (Wildman–Crippen MR) is 56.5 cm³/mol. The van der Waals surface area contributed by atoms with Crippen molar-refractivity contribution >= 4 is 5.78 Å². The molecule has 1 fully saturated rings. The topological polar surface area (TPSA) is 47.8 Å². The van der Waals surface area contributed by atoms with Gasteiger partial charge in [-0.1, -0.05) is 13.8 Å². The van der Waals surface area contributed by atoms with Crippen LogP contribution in [0.25, 0.3) is 0 Å². The molecule has 0 atom stereocenters. The molecule has 0 bridgehead atoms. The Balaban J connectivity index is 2.10. The fourth-order valence-electron chi connectivity index (χ4n) is 1.65. The van der Waals surface area contributed by atoms with Gasteiger partial charge in [0, 0.05) is 18.8 Å². The molecule has 1 aromatic rings. The number of hydrogen-bond acceptors (Lipinski definition) is 3. The summed E-state index contributed by atoms with van der Waals surface area (Å²) in [5, 5.41) is 4.33. The van der Waals surface area contributed by atoms with E-state index in [1.165, 1.54) is 0 Å². The summed E-state index contributed by atoms with van der Waals surface area (Å²) in [6, 6.07) is 0. The molecule has 0 radical (unpaired) electrons. The van der Waals surface area contributed by atoms with Crippen LogP contribution in [0.15, 0.2) is 0 Å². The molecule has 15 heavy (non-hydrogen) atoms. The van der Waals surface area contributed by atoms with Crippen LogP contribution in [0.2, 0.25) is 0 Å². The van der Waals surface area contributed by atoms with Gasteiger partial charge < -0.3 is 0 Å². The summed E-state index contributed by atoms with van der Waals surface area (Å²) >= 11 is 0. The zero-order valence-electron chi connectivity index (χ0n) is 9.36. The van der Waals surface area contributed by atoms with Gasteiger partial charge in [0.1, 0.15) is 12.4 Å². The number of Topliss-reactive ketones (excluding diaryl/α,β-unsaturated/α-hetero) is 1. The molecule has 82 valence electrons. The number of hydrogen-bond donors (Lipinski definition) is 0. The van der Waals surface area contributed by atoms with Crippen LogP contribution in [0.4, 0.5) is 0 Å². The lowest BCUT2D eigenvalue weighted by Crippen LogP contribution is -2.15. The summed E-state index contributed by atoms with van der Waals surface area (Å²) in [7, 11) is 0. The minimum Gasteiger partial charge on any atom is -0.297 e. The number of nitrogens with zero attached hydrogens (tertiary/aromatic N) is 3. The second-order valence-electron chi connectivity index (χ2n) is 4.05. The van der Waals surface area contributed by atoms with E-state index in [9.17, 15) is 4.79 Å². The molecule has 0 amide bonds. The minimum atomic E-state index is 0.309. The van der Waals surface area contributed by atoms with Crippen molar-refractivity contribution < 1.29 is 4.79 Å². The Morgan fingerprint density at radius 1 is 1.40 bits per heavy atom. The van der Waals surface area contributed by atoms with Crippen molar-refractivity contribution in [3.63, 3.8) is 0 Å². The Labute approximate surface area is 89.7 Å². The average Bonchev–Trinajstić information content (AvgIpc) is 3.01. The number of aryl methyl sites for hydroxylation is 2. The summed E-state index contributed by atoms with van der Waals surface area (Å²) in [6.45, 7) is 4.49.